The Morgan fingerprint density at radius 1 is 1.16 bits per heavy atom. The lowest BCUT2D eigenvalue weighted by Gasteiger charge is -2.25. The van der Waals surface area contributed by atoms with Crippen molar-refractivity contribution < 1.29 is 8.78 Å². The fraction of sp³-hybridized carbons (Fsp3) is 0.600. The Hall–Kier alpha value is -0.830. The van der Waals surface area contributed by atoms with Crippen LogP contribution < -0.4 is 4.90 Å². The SMILES string of the molecule is CC1(C)CCCN(c2c(F)cc(CCl)cc2F)CC1. The van der Waals surface area contributed by atoms with Crippen LogP contribution in [0.4, 0.5) is 14.5 Å². The molecule has 0 atom stereocenters. The molecule has 19 heavy (non-hydrogen) atoms. The van der Waals surface area contributed by atoms with Crippen molar-refractivity contribution >= 4 is 17.3 Å². The third-order valence-corrected chi connectivity index (χ3v) is 4.20. The van der Waals surface area contributed by atoms with Gasteiger partial charge in [-0.05, 0) is 42.4 Å². The summed E-state index contributed by atoms with van der Waals surface area (Å²) < 4.78 is 28.1. The Morgan fingerprint density at radius 3 is 2.37 bits per heavy atom. The third-order valence-electron chi connectivity index (χ3n) is 3.89. The predicted molar refractivity (Wildman–Crippen MR) is 75.8 cm³/mol. The molecule has 106 valence electrons. The molecule has 1 aliphatic rings. The number of nitrogens with zero attached hydrogens (tertiary/aromatic N) is 1. The van der Waals surface area contributed by atoms with E-state index in [9.17, 15) is 8.78 Å². The van der Waals surface area contributed by atoms with Crippen LogP contribution in [-0.4, -0.2) is 13.1 Å². The summed E-state index contributed by atoms with van der Waals surface area (Å²) >= 11 is 5.63. The van der Waals surface area contributed by atoms with E-state index in [-0.39, 0.29) is 17.0 Å². The monoisotopic (exact) mass is 287 g/mol. The highest BCUT2D eigenvalue weighted by molar-refractivity contribution is 6.17. The first-order valence-electron chi connectivity index (χ1n) is 6.72. The molecule has 0 spiro atoms. The second kappa shape index (κ2) is 5.66. The van der Waals surface area contributed by atoms with E-state index in [4.69, 9.17) is 11.6 Å². The molecule has 4 heteroatoms. The summed E-state index contributed by atoms with van der Waals surface area (Å²) in [4.78, 5) is 1.83. The van der Waals surface area contributed by atoms with Gasteiger partial charge in [-0.3, -0.25) is 0 Å². The van der Waals surface area contributed by atoms with Crippen molar-refractivity contribution in [1.29, 1.82) is 0 Å². The Balaban J connectivity index is 2.27. The Labute approximate surface area is 118 Å². The molecule has 0 saturated carbocycles. The lowest BCUT2D eigenvalue weighted by atomic mass is 9.85. The van der Waals surface area contributed by atoms with Crippen LogP contribution in [0, 0.1) is 17.0 Å². The smallest absolute Gasteiger partial charge is 0.149 e. The van der Waals surface area contributed by atoms with E-state index in [0.717, 1.165) is 19.3 Å². The Bertz CT molecular complexity index is 436. The largest absolute Gasteiger partial charge is 0.367 e. The van der Waals surface area contributed by atoms with Gasteiger partial charge in [-0.25, -0.2) is 8.78 Å². The summed E-state index contributed by atoms with van der Waals surface area (Å²) in [6.07, 6.45) is 3.00. The highest BCUT2D eigenvalue weighted by Crippen LogP contribution is 2.33. The van der Waals surface area contributed by atoms with E-state index in [1.807, 2.05) is 4.90 Å². The van der Waals surface area contributed by atoms with Crippen LogP contribution in [0.5, 0.6) is 0 Å². The number of rotatable bonds is 2. The molecule has 1 saturated heterocycles. The van der Waals surface area contributed by atoms with Gasteiger partial charge < -0.3 is 4.90 Å². The predicted octanol–water partition coefficient (Wildman–Crippen LogP) is 4.72. The molecule has 1 heterocycles. The van der Waals surface area contributed by atoms with Gasteiger partial charge in [0.2, 0.25) is 0 Å². The summed E-state index contributed by atoms with van der Waals surface area (Å²) in [5.41, 5.74) is 0.833. The third kappa shape index (κ3) is 3.38. The van der Waals surface area contributed by atoms with Gasteiger partial charge in [0, 0.05) is 19.0 Å². The molecule has 0 aliphatic carbocycles. The van der Waals surface area contributed by atoms with Crippen molar-refractivity contribution in [2.24, 2.45) is 5.41 Å². The standard InChI is InChI=1S/C15H20ClF2N/c1-15(2)4-3-6-19(7-5-15)14-12(17)8-11(10-16)9-13(14)18/h8-9H,3-7,10H2,1-2H3. The molecule has 2 rings (SSSR count). The first-order chi connectivity index (χ1) is 8.93. The van der Waals surface area contributed by atoms with Crippen LogP contribution in [0.3, 0.4) is 0 Å². The summed E-state index contributed by atoms with van der Waals surface area (Å²) in [5.74, 6) is -0.882. The molecule has 1 aromatic rings. The summed E-state index contributed by atoms with van der Waals surface area (Å²) in [7, 11) is 0. The highest BCUT2D eigenvalue weighted by atomic mass is 35.5. The highest BCUT2D eigenvalue weighted by Gasteiger charge is 2.26. The Morgan fingerprint density at radius 2 is 1.79 bits per heavy atom. The van der Waals surface area contributed by atoms with Crippen LogP contribution in [0.25, 0.3) is 0 Å². The van der Waals surface area contributed by atoms with Crippen molar-refractivity contribution in [1.82, 2.24) is 0 Å². The number of halogens is 3. The summed E-state index contributed by atoms with van der Waals surface area (Å²) in [5, 5.41) is 0. The zero-order chi connectivity index (χ0) is 14.0. The molecule has 1 aliphatic heterocycles. The lowest BCUT2D eigenvalue weighted by Crippen LogP contribution is -2.27. The van der Waals surface area contributed by atoms with Crippen LogP contribution in [0.2, 0.25) is 0 Å². The number of anilines is 1. The minimum Gasteiger partial charge on any atom is -0.367 e. The van der Waals surface area contributed by atoms with Gasteiger partial charge in [-0.15, -0.1) is 11.6 Å². The molecule has 0 unspecified atom stereocenters. The second-order valence-corrected chi connectivity index (χ2v) is 6.31. The van der Waals surface area contributed by atoms with Crippen LogP contribution >= 0.6 is 11.6 Å². The quantitative estimate of drug-likeness (QED) is 0.712. The molecular formula is C15H20ClF2N. The van der Waals surface area contributed by atoms with Gasteiger partial charge >= 0.3 is 0 Å². The van der Waals surface area contributed by atoms with Gasteiger partial charge in [0.05, 0.1) is 0 Å². The first-order valence-corrected chi connectivity index (χ1v) is 7.25. The van der Waals surface area contributed by atoms with E-state index in [1.54, 1.807) is 0 Å². The second-order valence-electron chi connectivity index (χ2n) is 6.05. The minimum absolute atomic E-state index is 0.103. The van der Waals surface area contributed by atoms with Crippen LogP contribution in [-0.2, 0) is 5.88 Å². The van der Waals surface area contributed by atoms with Gasteiger partial charge in [-0.1, -0.05) is 13.8 Å². The minimum atomic E-state index is -0.504. The number of alkyl halides is 1. The van der Waals surface area contributed by atoms with Crippen molar-refractivity contribution in [2.45, 2.75) is 39.0 Å². The van der Waals surface area contributed by atoms with Gasteiger partial charge in [0.25, 0.3) is 0 Å². The topological polar surface area (TPSA) is 3.24 Å². The number of benzene rings is 1. The zero-order valence-corrected chi connectivity index (χ0v) is 12.2. The lowest BCUT2D eigenvalue weighted by molar-refractivity contribution is 0.325. The van der Waals surface area contributed by atoms with Crippen LogP contribution in [0.1, 0.15) is 38.7 Å². The van der Waals surface area contributed by atoms with E-state index < -0.39 is 11.6 Å². The van der Waals surface area contributed by atoms with E-state index in [0.29, 0.717) is 18.7 Å². The molecule has 0 radical (unpaired) electrons. The average molecular weight is 288 g/mol. The van der Waals surface area contributed by atoms with Gasteiger partial charge in [0.1, 0.15) is 17.3 Å². The van der Waals surface area contributed by atoms with Gasteiger partial charge in [-0.2, -0.15) is 0 Å². The maximum atomic E-state index is 14.1. The van der Waals surface area contributed by atoms with E-state index >= 15 is 0 Å². The van der Waals surface area contributed by atoms with Crippen molar-refractivity contribution in [2.75, 3.05) is 18.0 Å². The zero-order valence-electron chi connectivity index (χ0n) is 11.5. The molecule has 0 bridgehead atoms. The van der Waals surface area contributed by atoms with Gasteiger partial charge in [0.15, 0.2) is 0 Å². The van der Waals surface area contributed by atoms with Crippen molar-refractivity contribution in [3.63, 3.8) is 0 Å². The maximum Gasteiger partial charge on any atom is 0.149 e. The molecule has 0 N–H and O–H groups in total. The molecule has 1 nitrogen and oxygen atoms in total. The summed E-state index contributed by atoms with van der Waals surface area (Å²) in [6.45, 7) is 5.82. The molecule has 1 aromatic carbocycles. The van der Waals surface area contributed by atoms with Crippen molar-refractivity contribution in [3.8, 4) is 0 Å². The average Bonchev–Trinajstić information content (AvgIpc) is 2.50. The van der Waals surface area contributed by atoms with Crippen molar-refractivity contribution in [3.05, 3.63) is 29.3 Å². The number of hydrogen-bond acceptors (Lipinski definition) is 1. The normalized spacial score (nSPS) is 19.3. The molecular weight excluding hydrogens is 268 g/mol. The maximum absolute atomic E-state index is 14.1. The Kier molecular flexibility index (Phi) is 4.34. The van der Waals surface area contributed by atoms with E-state index in [1.165, 1.54) is 12.1 Å². The number of hydrogen-bond donors (Lipinski definition) is 0. The fourth-order valence-electron chi connectivity index (χ4n) is 2.64. The van der Waals surface area contributed by atoms with E-state index in [2.05, 4.69) is 13.8 Å². The molecule has 1 fully saturated rings. The molecule has 0 amide bonds. The molecule has 0 aromatic heterocycles. The first kappa shape index (κ1) is 14.6. The fourth-order valence-corrected chi connectivity index (χ4v) is 2.80. The van der Waals surface area contributed by atoms with Crippen LogP contribution in [0.15, 0.2) is 12.1 Å². The summed E-state index contributed by atoms with van der Waals surface area (Å²) in [6, 6.07) is 2.67.